The maximum absolute atomic E-state index is 4.51. The van der Waals surface area contributed by atoms with Crippen molar-refractivity contribution in [3.63, 3.8) is 0 Å². The van der Waals surface area contributed by atoms with E-state index in [2.05, 4.69) is 101 Å². The van der Waals surface area contributed by atoms with Crippen LogP contribution in [-0.2, 0) is 18.2 Å². The molecule has 138 valence electrons. The van der Waals surface area contributed by atoms with Gasteiger partial charge in [0.15, 0.2) is 0 Å². The molecule has 0 aromatic heterocycles. The van der Waals surface area contributed by atoms with E-state index in [1.54, 1.807) is 0 Å². The minimum atomic E-state index is -0.473. The molecule has 0 aliphatic heterocycles. The van der Waals surface area contributed by atoms with Crippen LogP contribution in [0.1, 0.15) is 83.1 Å². The summed E-state index contributed by atoms with van der Waals surface area (Å²) in [4.78, 5) is 0. The molecule has 0 aromatic carbocycles. The van der Waals surface area contributed by atoms with Crippen LogP contribution in [-0.4, -0.2) is 35.2 Å². The van der Waals surface area contributed by atoms with Gasteiger partial charge >= 0.3 is 77.8 Å². The first-order valence-corrected chi connectivity index (χ1v) is 10.2. The van der Waals surface area contributed by atoms with E-state index in [-0.39, 0.29) is 22.2 Å². The van der Waals surface area contributed by atoms with Crippen molar-refractivity contribution >= 4 is 0 Å². The van der Waals surface area contributed by atoms with Crippen LogP contribution in [0.15, 0.2) is 6.99 Å². The Hall–Kier alpha value is 0.208. The van der Waals surface area contributed by atoms with Crippen LogP contribution in [0, 0.1) is 0 Å². The van der Waals surface area contributed by atoms with Crippen LogP contribution in [0.5, 0.6) is 0 Å². The van der Waals surface area contributed by atoms with Crippen molar-refractivity contribution in [2.24, 2.45) is 6.99 Å². The first kappa shape index (κ1) is 25.4. The van der Waals surface area contributed by atoms with Crippen molar-refractivity contribution in [1.29, 1.82) is 0 Å². The summed E-state index contributed by atoms with van der Waals surface area (Å²) in [5.41, 5.74) is 0.398. The number of hydrogen-bond donors (Lipinski definition) is 0. The standard InChI is InChI=1S/C10H22N2.2C4H9N.Mo/c1-9(2,3)11-7-8-12-10(4,5)6;2*1-4(2,3)5;/h7-8H2,1-6H3;2*1-3H3;/q-2;;;+2. The van der Waals surface area contributed by atoms with Gasteiger partial charge in [0.25, 0.3) is 0 Å². The zero-order valence-electron chi connectivity index (χ0n) is 17.6. The minimum absolute atomic E-state index is 0.0907. The Labute approximate surface area is 154 Å². The van der Waals surface area contributed by atoms with Gasteiger partial charge in [-0.1, -0.05) is 41.5 Å². The molecular weight excluding hydrogens is 368 g/mol. The summed E-state index contributed by atoms with van der Waals surface area (Å²) in [5.74, 6) is 0. The second kappa shape index (κ2) is 10.3. The second-order valence-corrected chi connectivity index (χ2v) is 11.0. The van der Waals surface area contributed by atoms with E-state index in [0.29, 0.717) is 0 Å². The summed E-state index contributed by atoms with van der Waals surface area (Å²) in [5, 5.41) is 8.93. The van der Waals surface area contributed by atoms with Gasteiger partial charge < -0.3 is 10.6 Å². The zero-order valence-corrected chi connectivity index (χ0v) is 19.6. The molecule has 0 aromatic rings. The SMILES string of the molecule is CC(C)(C)[N-]CC[N-]C(C)(C)C.CC(C)(C)[N]=[Mo+2]=[N]C(C)(C)C. The van der Waals surface area contributed by atoms with Gasteiger partial charge in [-0.25, -0.2) is 0 Å². The molecular formula is C18H40MoN4. The molecule has 0 heterocycles. The summed E-state index contributed by atoms with van der Waals surface area (Å²) >= 11 is -0.473. The van der Waals surface area contributed by atoms with Crippen LogP contribution in [0.25, 0.3) is 10.6 Å². The van der Waals surface area contributed by atoms with Crippen LogP contribution in [0.2, 0.25) is 0 Å². The van der Waals surface area contributed by atoms with E-state index in [1.165, 1.54) is 0 Å². The number of rotatable bonds is 3. The Balaban J connectivity index is 0. The third kappa shape index (κ3) is 30.6. The van der Waals surface area contributed by atoms with Gasteiger partial charge in [-0.2, -0.15) is 13.1 Å². The molecule has 0 bridgehead atoms. The first-order chi connectivity index (χ1) is 9.91. The molecule has 4 nitrogen and oxygen atoms in total. The third-order valence-electron chi connectivity index (χ3n) is 1.90. The first-order valence-electron chi connectivity index (χ1n) is 8.39. The molecule has 0 saturated carbocycles. The molecule has 0 aliphatic rings. The number of nitrogens with zero attached hydrogens (tertiary/aromatic N) is 4. The van der Waals surface area contributed by atoms with E-state index in [9.17, 15) is 0 Å². The third-order valence-corrected chi connectivity index (χ3v) is 5.00. The van der Waals surface area contributed by atoms with Crippen molar-refractivity contribution < 1.29 is 18.2 Å². The van der Waals surface area contributed by atoms with Gasteiger partial charge in [-0.15, -0.1) is 11.1 Å². The van der Waals surface area contributed by atoms with Crippen LogP contribution in [0.4, 0.5) is 0 Å². The molecule has 0 spiro atoms. The molecule has 0 fully saturated rings. The van der Waals surface area contributed by atoms with Gasteiger partial charge in [0.2, 0.25) is 0 Å². The van der Waals surface area contributed by atoms with E-state index in [4.69, 9.17) is 0 Å². The van der Waals surface area contributed by atoms with E-state index in [0.717, 1.165) is 13.1 Å². The Morgan fingerprint density at radius 1 is 0.565 bits per heavy atom. The van der Waals surface area contributed by atoms with Crippen LogP contribution >= 0.6 is 0 Å². The van der Waals surface area contributed by atoms with Crippen molar-refractivity contribution in [1.82, 2.24) is 0 Å². The van der Waals surface area contributed by atoms with Crippen molar-refractivity contribution in [2.45, 2.75) is 105 Å². The molecule has 0 rings (SSSR count). The zero-order chi connectivity index (χ0) is 18.9. The predicted octanol–water partition coefficient (Wildman–Crippen LogP) is 6.36. The molecule has 0 atom stereocenters. The normalized spacial score (nSPS) is 12.9. The maximum atomic E-state index is 4.51. The molecule has 0 unspecified atom stereocenters. The number of hydrogen-bond acceptors (Lipinski definition) is 2. The fourth-order valence-corrected chi connectivity index (χ4v) is 2.34. The fraction of sp³-hybridized carbons (Fsp3) is 1.00. The molecule has 23 heavy (non-hydrogen) atoms. The van der Waals surface area contributed by atoms with Gasteiger partial charge in [0.05, 0.1) is 0 Å². The Morgan fingerprint density at radius 2 is 0.826 bits per heavy atom. The Bertz CT molecular complexity index is 336. The molecule has 0 amide bonds. The van der Waals surface area contributed by atoms with E-state index >= 15 is 0 Å². The monoisotopic (exact) mass is 410 g/mol. The average molecular weight is 408 g/mol. The Kier molecular flexibility index (Phi) is 11.3. The average Bonchev–Trinajstić information content (AvgIpc) is 2.19. The second-order valence-electron chi connectivity index (χ2n) is 9.71. The van der Waals surface area contributed by atoms with Crippen LogP contribution in [0.3, 0.4) is 0 Å². The van der Waals surface area contributed by atoms with Gasteiger partial charge in [-0.3, -0.25) is 0 Å². The van der Waals surface area contributed by atoms with E-state index in [1.807, 2.05) is 0 Å². The van der Waals surface area contributed by atoms with Gasteiger partial charge in [0, 0.05) is 0 Å². The van der Waals surface area contributed by atoms with Crippen LogP contribution < -0.4 is 0 Å². The molecule has 0 aliphatic carbocycles. The summed E-state index contributed by atoms with van der Waals surface area (Å²) in [6, 6.07) is 0. The fourth-order valence-electron chi connectivity index (χ4n) is 1.04. The summed E-state index contributed by atoms with van der Waals surface area (Å²) in [6.07, 6.45) is 0. The Morgan fingerprint density at radius 3 is 1.00 bits per heavy atom. The summed E-state index contributed by atoms with van der Waals surface area (Å²) in [7, 11) is 0. The molecule has 0 saturated heterocycles. The van der Waals surface area contributed by atoms with Gasteiger partial charge in [0.1, 0.15) is 0 Å². The molecule has 0 N–H and O–H groups in total. The van der Waals surface area contributed by atoms with Crippen molar-refractivity contribution in [2.75, 3.05) is 13.1 Å². The topological polar surface area (TPSA) is 52.9 Å². The van der Waals surface area contributed by atoms with Crippen molar-refractivity contribution in [3.8, 4) is 0 Å². The molecule has 0 radical (unpaired) electrons. The van der Waals surface area contributed by atoms with Crippen molar-refractivity contribution in [3.05, 3.63) is 10.6 Å². The molecule has 5 heteroatoms. The van der Waals surface area contributed by atoms with Gasteiger partial charge in [-0.05, 0) is 0 Å². The quantitative estimate of drug-likeness (QED) is 0.385. The van der Waals surface area contributed by atoms with E-state index < -0.39 is 18.2 Å². The summed E-state index contributed by atoms with van der Waals surface area (Å²) in [6.45, 7) is 27.1. The summed E-state index contributed by atoms with van der Waals surface area (Å²) < 4.78 is 9.01. The predicted molar refractivity (Wildman–Crippen MR) is 100 cm³/mol.